The van der Waals surface area contributed by atoms with Crippen LogP contribution in [0.3, 0.4) is 0 Å². The summed E-state index contributed by atoms with van der Waals surface area (Å²) >= 11 is 1.76. The van der Waals surface area contributed by atoms with Crippen LogP contribution < -0.4 is 5.32 Å². The lowest BCUT2D eigenvalue weighted by Gasteiger charge is -2.28. The molecule has 4 heteroatoms. The number of nitrogens with zero attached hydrogens (tertiary/aromatic N) is 1. The molecule has 3 nitrogen and oxygen atoms in total. The Kier molecular flexibility index (Phi) is 3.72. The van der Waals surface area contributed by atoms with Crippen molar-refractivity contribution in [3.63, 3.8) is 0 Å². The maximum Gasteiger partial charge on any atom is 0.110 e. The summed E-state index contributed by atoms with van der Waals surface area (Å²) in [6.07, 6.45) is 2.29. The van der Waals surface area contributed by atoms with Gasteiger partial charge in [-0.1, -0.05) is 0 Å². The molecular weight excluding hydrogens is 208 g/mol. The molecule has 1 aromatic heterocycles. The third kappa shape index (κ3) is 2.56. The first kappa shape index (κ1) is 11.0. The molecule has 15 heavy (non-hydrogen) atoms. The zero-order valence-electron chi connectivity index (χ0n) is 9.32. The summed E-state index contributed by atoms with van der Waals surface area (Å²) in [7, 11) is 2.02. The molecule has 1 fully saturated rings. The third-order valence-electron chi connectivity index (χ3n) is 2.95. The average Bonchev–Trinajstić information content (AvgIpc) is 2.68. The lowest BCUT2D eigenvalue weighted by Crippen LogP contribution is -2.29. The molecule has 0 spiro atoms. The topological polar surface area (TPSA) is 34.2 Å². The number of hydrogen-bond acceptors (Lipinski definition) is 4. The largest absolute Gasteiger partial charge is 0.381 e. The molecule has 1 aliphatic heterocycles. The van der Waals surface area contributed by atoms with Gasteiger partial charge in [0, 0.05) is 24.3 Å². The van der Waals surface area contributed by atoms with Crippen LogP contribution in [0.2, 0.25) is 0 Å². The van der Waals surface area contributed by atoms with Crippen molar-refractivity contribution in [3.05, 3.63) is 16.1 Å². The number of rotatable bonds is 3. The Morgan fingerprint density at radius 1 is 1.53 bits per heavy atom. The third-order valence-corrected chi connectivity index (χ3v) is 4.00. The van der Waals surface area contributed by atoms with E-state index in [2.05, 4.69) is 22.6 Å². The number of thiazole rings is 1. The van der Waals surface area contributed by atoms with Gasteiger partial charge in [-0.05, 0) is 32.7 Å². The zero-order valence-corrected chi connectivity index (χ0v) is 10.1. The maximum atomic E-state index is 5.39. The van der Waals surface area contributed by atoms with Gasteiger partial charge in [0.05, 0.1) is 6.04 Å². The van der Waals surface area contributed by atoms with Gasteiger partial charge in [-0.2, -0.15) is 0 Å². The zero-order chi connectivity index (χ0) is 10.7. The summed E-state index contributed by atoms with van der Waals surface area (Å²) < 4.78 is 5.39. The number of aromatic nitrogens is 1. The Labute approximate surface area is 94.9 Å². The molecule has 0 radical (unpaired) electrons. The van der Waals surface area contributed by atoms with E-state index in [0.29, 0.717) is 12.0 Å². The lowest BCUT2D eigenvalue weighted by molar-refractivity contribution is 0.0546. The molecule has 1 atom stereocenters. The van der Waals surface area contributed by atoms with E-state index in [1.807, 2.05) is 7.05 Å². The van der Waals surface area contributed by atoms with Gasteiger partial charge in [-0.25, -0.2) is 4.98 Å². The van der Waals surface area contributed by atoms with Gasteiger partial charge in [-0.3, -0.25) is 0 Å². The van der Waals surface area contributed by atoms with Gasteiger partial charge in [0.15, 0.2) is 0 Å². The smallest absolute Gasteiger partial charge is 0.110 e. The minimum Gasteiger partial charge on any atom is -0.381 e. The van der Waals surface area contributed by atoms with Crippen LogP contribution >= 0.6 is 11.3 Å². The van der Waals surface area contributed by atoms with Crippen molar-refractivity contribution in [1.82, 2.24) is 10.3 Å². The van der Waals surface area contributed by atoms with Crippen LogP contribution in [0.25, 0.3) is 0 Å². The molecule has 0 aliphatic carbocycles. The Morgan fingerprint density at radius 2 is 2.27 bits per heavy atom. The second-order valence-corrected chi connectivity index (χ2v) is 4.93. The first-order valence-electron chi connectivity index (χ1n) is 5.48. The summed E-state index contributed by atoms with van der Waals surface area (Å²) in [5, 5.41) is 6.74. The molecule has 2 heterocycles. The van der Waals surface area contributed by atoms with Gasteiger partial charge in [0.25, 0.3) is 0 Å². The highest BCUT2D eigenvalue weighted by Crippen LogP contribution is 2.31. The number of nitrogens with one attached hydrogen (secondary N) is 1. The van der Waals surface area contributed by atoms with Gasteiger partial charge < -0.3 is 10.1 Å². The highest BCUT2D eigenvalue weighted by atomic mass is 32.1. The fourth-order valence-electron chi connectivity index (χ4n) is 2.12. The van der Waals surface area contributed by atoms with E-state index in [9.17, 15) is 0 Å². The monoisotopic (exact) mass is 226 g/mol. The molecule has 1 saturated heterocycles. The molecule has 0 bridgehead atoms. The molecule has 0 amide bonds. The van der Waals surface area contributed by atoms with Crippen LogP contribution in [0.4, 0.5) is 0 Å². The second-order valence-electron chi connectivity index (χ2n) is 4.04. The minimum absolute atomic E-state index is 0.410. The number of aryl methyl sites for hydroxylation is 1. The van der Waals surface area contributed by atoms with Crippen LogP contribution in [0.5, 0.6) is 0 Å². The van der Waals surface area contributed by atoms with Crippen molar-refractivity contribution in [2.75, 3.05) is 20.3 Å². The first-order valence-corrected chi connectivity index (χ1v) is 6.36. The molecular formula is C11H18N2OS. The SMILES string of the molecule is CNC(c1nc(C)cs1)C1CCOCC1. The predicted molar refractivity (Wildman–Crippen MR) is 62.2 cm³/mol. The standard InChI is InChI=1S/C11H18N2OS/c1-8-7-15-11(13-8)10(12-2)9-3-5-14-6-4-9/h7,9-10,12H,3-6H2,1-2H3. The fraction of sp³-hybridized carbons (Fsp3) is 0.727. The van der Waals surface area contributed by atoms with E-state index < -0.39 is 0 Å². The molecule has 0 aromatic carbocycles. The first-order chi connectivity index (χ1) is 7.31. The second kappa shape index (κ2) is 5.05. The summed E-state index contributed by atoms with van der Waals surface area (Å²) in [5.41, 5.74) is 1.13. The quantitative estimate of drug-likeness (QED) is 0.857. The maximum absolute atomic E-state index is 5.39. The predicted octanol–water partition coefficient (Wildman–Crippen LogP) is 2.14. The number of ether oxygens (including phenoxy) is 1. The Balaban J connectivity index is 2.08. The molecule has 84 valence electrons. The molecule has 1 aliphatic rings. The molecule has 0 saturated carbocycles. The van der Waals surface area contributed by atoms with Crippen molar-refractivity contribution in [2.45, 2.75) is 25.8 Å². The van der Waals surface area contributed by atoms with Crippen LogP contribution in [0.1, 0.15) is 29.6 Å². The van der Waals surface area contributed by atoms with Crippen molar-refractivity contribution in [2.24, 2.45) is 5.92 Å². The summed E-state index contributed by atoms with van der Waals surface area (Å²) in [6, 6.07) is 0.410. The van der Waals surface area contributed by atoms with Crippen LogP contribution in [0.15, 0.2) is 5.38 Å². The Hall–Kier alpha value is -0.450. The summed E-state index contributed by atoms with van der Waals surface area (Å²) in [6.45, 7) is 3.84. The van der Waals surface area contributed by atoms with Gasteiger partial charge >= 0.3 is 0 Å². The van der Waals surface area contributed by atoms with E-state index in [1.165, 1.54) is 5.01 Å². The van der Waals surface area contributed by atoms with Crippen molar-refractivity contribution < 1.29 is 4.74 Å². The highest BCUT2D eigenvalue weighted by Gasteiger charge is 2.25. The van der Waals surface area contributed by atoms with E-state index in [4.69, 9.17) is 4.74 Å². The van der Waals surface area contributed by atoms with Gasteiger partial charge in [0.1, 0.15) is 5.01 Å². The fourth-order valence-corrected chi connectivity index (χ4v) is 3.12. The molecule has 1 aromatic rings. The van der Waals surface area contributed by atoms with E-state index in [1.54, 1.807) is 11.3 Å². The Bertz CT molecular complexity index is 307. The molecule has 1 unspecified atom stereocenters. The minimum atomic E-state index is 0.410. The van der Waals surface area contributed by atoms with E-state index >= 15 is 0 Å². The van der Waals surface area contributed by atoms with Crippen LogP contribution in [0, 0.1) is 12.8 Å². The molecule has 1 N–H and O–H groups in total. The van der Waals surface area contributed by atoms with Gasteiger partial charge in [0.2, 0.25) is 0 Å². The molecule has 2 rings (SSSR count). The average molecular weight is 226 g/mol. The Morgan fingerprint density at radius 3 is 2.80 bits per heavy atom. The van der Waals surface area contributed by atoms with Crippen molar-refractivity contribution >= 4 is 11.3 Å². The highest BCUT2D eigenvalue weighted by molar-refractivity contribution is 7.09. The number of hydrogen-bond donors (Lipinski definition) is 1. The van der Waals surface area contributed by atoms with Crippen molar-refractivity contribution in [1.29, 1.82) is 0 Å². The normalized spacial score (nSPS) is 20.4. The summed E-state index contributed by atoms with van der Waals surface area (Å²) in [4.78, 5) is 4.57. The van der Waals surface area contributed by atoms with Crippen LogP contribution in [-0.4, -0.2) is 25.2 Å². The van der Waals surface area contributed by atoms with Crippen molar-refractivity contribution in [3.8, 4) is 0 Å². The van der Waals surface area contributed by atoms with Crippen LogP contribution in [-0.2, 0) is 4.74 Å². The van der Waals surface area contributed by atoms with E-state index in [-0.39, 0.29) is 0 Å². The van der Waals surface area contributed by atoms with E-state index in [0.717, 1.165) is 31.7 Å². The lowest BCUT2D eigenvalue weighted by atomic mass is 9.92. The summed E-state index contributed by atoms with van der Waals surface area (Å²) in [5.74, 6) is 0.675. The van der Waals surface area contributed by atoms with Gasteiger partial charge in [-0.15, -0.1) is 11.3 Å².